The molecule has 1 saturated carbocycles. The van der Waals surface area contributed by atoms with Gasteiger partial charge in [-0.1, -0.05) is 6.08 Å². The van der Waals surface area contributed by atoms with Gasteiger partial charge in [0.25, 0.3) is 0 Å². The summed E-state index contributed by atoms with van der Waals surface area (Å²) in [5.41, 5.74) is 0.703. The monoisotopic (exact) mass is 248 g/mol. The Morgan fingerprint density at radius 1 is 1.11 bits per heavy atom. The van der Waals surface area contributed by atoms with E-state index in [2.05, 4.69) is 33.8 Å². The summed E-state index contributed by atoms with van der Waals surface area (Å²) < 4.78 is 12.1. The topological polar surface area (TPSA) is 35.5 Å². The Kier molecular flexibility index (Phi) is 2.56. The third-order valence-electron chi connectivity index (χ3n) is 5.04. The van der Waals surface area contributed by atoms with Gasteiger partial charge in [-0.3, -0.25) is 4.79 Å². The van der Waals surface area contributed by atoms with Crippen molar-refractivity contribution in [3.8, 4) is 0 Å². The number of carbonyl (C=O) groups is 1. The van der Waals surface area contributed by atoms with Gasteiger partial charge in [-0.15, -0.1) is 0 Å². The molecule has 0 spiro atoms. The van der Waals surface area contributed by atoms with E-state index >= 15 is 0 Å². The maximum atomic E-state index is 11.4. The van der Waals surface area contributed by atoms with E-state index in [1.807, 2.05) is 0 Å². The summed E-state index contributed by atoms with van der Waals surface area (Å²) in [5.74, 6) is 1.35. The molecule has 2 fully saturated rings. The molecule has 2 aliphatic carbocycles. The molecule has 1 aliphatic heterocycles. The van der Waals surface area contributed by atoms with Crippen molar-refractivity contribution in [3.63, 3.8) is 0 Å². The van der Waals surface area contributed by atoms with Crippen molar-refractivity contribution < 1.29 is 14.1 Å². The number of rotatable bonds is 1. The summed E-state index contributed by atoms with van der Waals surface area (Å²) in [4.78, 5) is 11.4. The van der Waals surface area contributed by atoms with E-state index in [0.717, 1.165) is 12.8 Å². The van der Waals surface area contributed by atoms with Crippen LogP contribution in [0.15, 0.2) is 11.5 Å². The Hall–Kier alpha value is -0.605. The zero-order chi connectivity index (χ0) is 13.1. The smallest absolute Gasteiger partial charge is 0.400 e. The van der Waals surface area contributed by atoms with E-state index in [1.165, 1.54) is 5.47 Å². The second-order valence-corrected chi connectivity index (χ2v) is 6.90. The van der Waals surface area contributed by atoms with Crippen LogP contribution in [0.4, 0.5) is 0 Å². The summed E-state index contributed by atoms with van der Waals surface area (Å²) in [6.07, 6.45) is 4.66. The highest BCUT2D eigenvalue weighted by atomic mass is 16.7. The fraction of sp³-hybridized carbons (Fsp3) is 0.786. The van der Waals surface area contributed by atoms with Crippen LogP contribution in [-0.2, 0) is 14.1 Å². The summed E-state index contributed by atoms with van der Waals surface area (Å²) in [5, 5.41) is 0. The molecule has 4 heteroatoms. The van der Waals surface area contributed by atoms with Crippen molar-refractivity contribution in [2.45, 2.75) is 58.2 Å². The molecule has 3 aliphatic rings. The second-order valence-electron chi connectivity index (χ2n) is 6.90. The minimum atomic E-state index is -0.272. The highest BCUT2D eigenvalue weighted by Gasteiger charge is 2.54. The van der Waals surface area contributed by atoms with Crippen LogP contribution < -0.4 is 0 Å². The predicted molar refractivity (Wildman–Crippen MR) is 70.0 cm³/mol. The Bertz CT molecular complexity index is 409. The number of Topliss-reactive ketones (excluding diaryl/α,β-unsaturated/α-hetero) is 1. The quantitative estimate of drug-likeness (QED) is 0.669. The van der Waals surface area contributed by atoms with Crippen LogP contribution >= 0.6 is 0 Å². The number of hydrogen-bond donors (Lipinski definition) is 0. The first kappa shape index (κ1) is 12.4. The average Bonchev–Trinajstić information content (AvgIpc) is 2.77. The van der Waals surface area contributed by atoms with Gasteiger partial charge in [-0.2, -0.15) is 0 Å². The third kappa shape index (κ3) is 1.77. The molecule has 0 radical (unpaired) electrons. The van der Waals surface area contributed by atoms with Crippen molar-refractivity contribution >= 4 is 12.9 Å². The Labute approximate surface area is 109 Å². The van der Waals surface area contributed by atoms with Crippen molar-refractivity contribution in [1.82, 2.24) is 0 Å². The first-order valence-corrected chi connectivity index (χ1v) is 6.86. The molecule has 0 N–H and O–H groups in total. The molecule has 0 aromatic heterocycles. The van der Waals surface area contributed by atoms with Crippen molar-refractivity contribution in [3.05, 3.63) is 11.5 Å². The van der Waals surface area contributed by atoms with Crippen molar-refractivity contribution in [2.24, 2.45) is 11.8 Å². The highest BCUT2D eigenvalue weighted by molar-refractivity contribution is 6.54. The molecule has 1 saturated heterocycles. The Morgan fingerprint density at radius 3 is 2.28 bits per heavy atom. The minimum absolute atomic E-state index is 0.212. The van der Waals surface area contributed by atoms with E-state index in [4.69, 9.17) is 9.31 Å². The highest BCUT2D eigenvalue weighted by Crippen LogP contribution is 2.46. The lowest BCUT2D eigenvalue weighted by atomic mass is 9.76. The van der Waals surface area contributed by atoms with E-state index in [-0.39, 0.29) is 18.3 Å². The predicted octanol–water partition coefficient (Wildman–Crippen LogP) is 2.54. The molecule has 0 aromatic carbocycles. The molecule has 0 aromatic rings. The number of allylic oxidation sites excluding steroid dienone is 2. The van der Waals surface area contributed by atoms with Gasteiger partial charge in [-0.25, -0.2) is 0 Å². The van der Waals surface area contributed by atoms with E-state index in [9.17, 15) is 4.79 Å². The number of ketones is 1. The molecule has 18 heavy (non-hydrogen) atoms. The van der Waals surface area contributed by atoms with Crippen molar-refractivity contribution in [1.29, 1.82) is 0 Å². The maximum Gasteiger partial charge on any atom is 0.490 e. The Morgan fingerprint density at radius 2 is 1.72 bits per heavy atom. The lowest BCUT2D eigenvalue weighted by Gasteiger charge is -2.32. The molecule has 3 nitrogen and oxygen atoms in total. The van der Waals surface area contributed by atoms with Crippen LogP contribution in [0.5, 0.6) is 0 Å². The van der Waals surface area contributed by atoms with Gasteiger partial charge in [0.05, 0.1) is 11.2 Å². The second kappa shape index (κ2) is 3.70. The fourth-order valence-electron chi connectivity index (χ4n) is 3.19. The molecular formula is C14H21BO3. The molecule has 0 bridgehead atoms. The summed E-state index contributed by atoms with van der Waals surface area (Å²) in [6.45, 7) is 8.31. The van der Waals surface area contributed by atoms with Gasteiger partial charge in [0, 0.05) is 12.8 Å². The number of fused-ring (bicyclic) bond motifs is 1. The first-order chi connectivity index (χ1) is 8.28. The van der Waals surface area contributed by atoms with Crippen LogP contribution in [-0.4, -0.2) is 24.1 Å². The zero-order valence-electron chi connectivity index (χ0n) is 11.7. The van der Waals surface area contributed by atoms with Gasteiger partial charge in [-0.05, 0) is 51.4 Å². The fourth-order valence-corrected chi connectivity index (χ4v) is 3.19. The van der Waals surface area contributed by atoms with Gasteiger partial charge in [0.2, 0.25) is 0 Å². The molecule has 3 rings (SSSR count). The molecule has 1 heterocycles. The van der Waals surface area contributed by atoms with E-state index in [1.54, 1.807) is 0 Å². The number of carbonyl (C=O) groups excluding carboxylic acids is 1. The lowest BCUT2D eigenvalue weighted by molar-refractivity contribution is -0.117. The molecule has 0 amide bonds. The van der Waals surface area contributed by atoms with Crippen LogP contribution in [0.2, 0.25) is 0 Å². The van der Waals surface area contributed by atoms with Gasteiger partial charge < -0.3 is 9.31 Å². The van der Waals surface area contributed by atoms with Gasteiger partial charge >= 0.3 is 7.12 Å². The first-order valence-electron chi connectivity index (χ1n) is 6.86. The molecule has 2 atom stereocenters. The van der Waals surface area contributed by atoms with Crippen LogP contribution in [0.25, 0.3) is 0 Å². The van der Waals surface area contributed by atoms with Crippen LogP contribution in [0.1, 0.15) is 47.0 Å². The summed E-state index contributed by atoms with van der Waals surface area (Å²) in [7, 11) is -0.212. The summed E-state index contributed by atoms with van der Waals surface area (Å²) in [6, 6.07) is 0. The van der Waals surface area contributed by atoms with Gasteiger partial charge in [0.15, 0.2) is 0 Å². The van der Waals surface area contributed by atoms with E-state index in [0.29, 0.717) is 24.0 Å². The minimum Gasteiger partial charge on any atom is -0.400 e. The van der Waals surface area contributed by atoms with Crippen LogP contribution in [0.3, 0.4) is 0 Å². The van der Waals surface area contributed by atoms with Gasteiger partial charge in [0.1, 0.15) is 5.78 Å². The zero-order valence-corrected chi connectivity index (χ0v) is 11.7. The Balaban J connectivity index is 1.76. The largest absolute Gasteiger partial charge is 0.490 e. The third-order valence-corrected chi connectivity index (χ3v) is 5.04. The SMILES string of the molecule is CC1(C)OB(C2=C[C@H]3CC(=O)C[C@H]3C2)OC1(C)C. The summed E-state index contributed by atoms with van der Waals surface area (Å²) >= 11 is 0. The van der Waals surface area contributed by atoms with E-state index < -0.39 is 0 Å². The average molecular weight is 248 g/mol. The molecule has 0 unspecified atom stereocenters. The standard InChI is InChI=1S/C14H21BO3/c1-13(2)14(3,4)18-15(17-13)11-5-9-7-12(16)8-10(9)6-11/h5,9-10H,6-8H2,1-4H3/t9-,10+/m0/s1. The molecule has 98 valence electrons. The normalized spacial score (nSPS) is 37.0. The molecular weight excluding hydrogens is 227 g/mol. The lowest BCUT2D eigenvalue weighted by Crippen LogP contribution is -2.41. The maximum absolute atomic E-state index is 11.4. The van der Waals surface area contributed by atoms with Crippen molar-refractivity contribution in [2.75, 3.05) is 0 Å². The van der Waals surface area contributed by atoms with Crippen LogP contribution in [0, 0.1) is 11.8 Å². The number of hydrogen-bond acceptors (Lipinski definition) is 3.